The number of hydrogen-bond acceptors (Lipinski definition) is 4. The standard InChI is InChI=1S/C21H25NO4/c1-15(2)26-19-6-3-5-16(13-19)21(23)22-17-8-10-18(11-9-17)25-14-20-7-4-12-24-20/h3,5-6,8-11,13,15,20H,4,7,12,14H2,1-2H3,(H,22,23)/t20-/m0/s1. The third kappa shape index (κ3) is 5.23. The van der Waals surface area contributed by atoms with Crippen LogP contribution in [0.4, 0.5) is 5.69 Å². The van der Waals surface area contributed by atoms with Gasteiger partial charge in [-0.2, -0.15) is 0 Å². The lowest BCUT2D eigenvalue weighted by Crippen LogP contribution is -2.16. The minimum atomic E-state index is -0.174. The summed E-state index contributed by atoms with van der Waals surface area (Å²) in [4.78, 5) is 12.4. The summed E-state index contributed by atoms with van der Waals surface area (Å²) in [5.74, 6) is 1.28. The first kappa shape index (κ1) is 18.3. The molecule has 0 radical (unpaired) electrons. The second kappa shape index (κ2) is 8.72. The monoisotopic (exact) mass is 355 g/mol. The lowest BCUT2D eigenvalue weighted by molar-refractivity contribution is 0.0679. The van der Waals surface area contributed by atoms with Crippen LogP contribution in [-0.4, -0.2) is 31.3 Å². The molecule has 0 unspecified atom stereocenters. The Labute approximate surface area is 154 Å². The van der Waals surface area contributed by atoms with Crippen LogP contribution in [0.5, 0.6) is 11.5 Å². The van der Waals surface area contributed by atoms with Crippen LogP contribution in [0.25, 0.3) is 0 Å². The molecule has 1 atom stereocenters. The zero-order chi connectivity index (χ0) is 18.4. The van der Waals surface area contributed by atoms with Gasteiger partial charge in [0.25, 0.3) is 5.91 Å². The molecule has 26 heavy (non-hydrogen) atoms. The van der Waals surface area contributed by atoms with Crippen molar-refractivity contribution < 1.29 is 19.0 Å². The van der Waals surface area contributed by atoms with Crippen molar-refractivity contribution in [2.75, 3.05) is 18.5 Å². The first-order chi connectivity index (χ1) is 12.6. The Morgan fingerprint density at radius 3 is 2.69 bits per heavy atom. The Morgan fingerprint density at radius 1 is 1.19 bits per heavy atom. The van der Waals surface area contributed by atoms with Crippen molar-refractivity contribution in [3.05, 3.63) is 54.1 Å². The smallest absolute Gasteiger partial charge is 0.255 e. The van der Waals surface area contributed by atoms with Gasteiger partial charge in [0.15, 0.2) is 0 Å². The third-order valence-electron chi connectivity index (χ3n) is 4.04. The molecule has 2 aromatic carbocycles. The van der Waals surface area contributed by atoms with Gasteiger partial charge in [0.05, 0.1) is 12.2 Å². The fourth-order valence-electron chi connectivity index (χ4n) is 2.79. The molecule has 138 valence electrons. The zero-order valence-corrected chi connectivity index (χ0v) is 15.2. The largest absolute Gasteiger partial charge is 0.491 e. The van der Waals surface area contributed by atoms with Gasteiger partial charge in [0.2, 0.25) is 0 Å². The van der Waals surface area contributed by atoms with Crippen LogP contribution in [0.1, 0.15) is 37.0 Å². The second-order valence-electron chi connectivity index (χ2n) is 6.62. The topological polar surface area (TPSA) is 56.8 Å². The lowest BCUT2D eigenvalue weighted by Gasteiger charge is -2.12. The second-order valence-corrected chi connectivity index (χ2v) is 6.62. The lowest BCUT2D eigenvalue weighted by atomic mass is 10.2. The van der Waals surface area contributed by atoms with Gasteiger partial charge >= 0.3 is 0 Å². The summed E-state index contributed by atoms with van der Waals surface area (Å²) in [5, 5.41) is 2.89. The fraction of sp³-hybridized carbons (Fsp3) is 0.381. The number of benzene rings is 2. The molecule has 0 spiro atoms. The van der Waals surface area contributed by atoms with Crippen molar-refractivity contribution in [3.8, 4) is 11.5 Å². The zero-order valence-electron chi connectivity index (χ0n) is 15.2. The Balaban J connectivity index is 1.55. The molecule has 1 N–H and O–H groups in total. The Kier molecular flexibility index (Phi) is 6.12. The highest BCUT2D eigenvalue weighted by Gasteiger charge is 2.16. The molecule has 1 saturated heterocycles. The number of carbonyl (C=O) groups excluding carboxylic acids is 1. The molecular weight excluding hydrogens is 330 g/mol. The summed E-state index contributed by atoms with van der Waals surface area (Å²) in [5.41, 5.74) is 1.27. The summed E-state index contributed by atoms with van der Waals surface area (Å²) in [6, 6.07) is 14.5. The third-order valence-corrected chi connectivity index (χ3v) is 4.04. The Hall–Kier alpha value is -2.53. The summed E-state index contributed by atoms with van der Waals surface area (Å²) in [6.07, 6.45) is 2.40. The number of anilines is 1. The van der Waals surface area contributed by atoms with E-state index in [9.17, 15) is 4.79 Å². The van der Waals surface area contributed by atoms with E-state index in [0.717, 1.165) is 30.9 Å². The molecule has 0 aromatic heterocycles. The molecule has 0 aliphatic carbocycles. The Morgan fingerprint density at radius 2 is 2.00 bits per heavy atom. The van der Waals surface area contributed by atoms with Crippen LogP contribution in [0, 0.1) is 0 Å². The van der Waals surface area contributed by atoms with Crippen molar-refractivity contribution in [1.29, 1.82) is 0 Å². The molecule has 2 aromatic rings. The van der Waals surface area contributed by atoms with Crippen molar-refractivity contribution in [1.82, 2.24) is 0 Å². The van der Waals surface area contributed by atoms with E-state index in [0.29, 0.717) is 17.9 Å². The summed E-state index contributed by atoms with van der Waals surface area (Å²) >= 11 is 0. The van der Waals surface area contributed by atoms with Gasteiger partial charge < -0.3 is 19.5 Å². The highest BCUT2D eigenvalue weighted by atomic mass is 16.5. The summed E-state index contributed by atoms with van der Waals surface area (Å²) in [6.45, 7) is 5.29. The van der Waals surface area contributed by atoms with E-state index in [1.54, 1.807) is 12.1 Å². The molecule has 1 fully saturated rings. The first-order valence-corrected chi connectivity index (χ1v) is 9.03. The Bertz CT molecular complexity index is 721. The van der Waals surface area contributed by atoms with Gasteiger partial charge in [-0.25, -0.2) is 0 Å². The van der Waals surface area contributed by atoms with Gasteiger partial charge in [0, 0.05) is 17.9 Å². The van der Waals surface area contributed by atoms with Crippen molar-refractivity contribution in [2.45, 2.75) is 38.9 Å². The summed E-state index contributed by atoms with van der Waals surface area (Å²) in [7, 11) is 0. The van der Waals surface area contributed by atoms with Gasteiger partial charge in [-0.05, 0) is 69.2 Å². The van der Waals surface area contributed by atoms with Crippen molar-refractivity contribution in [3.63, 3.8) is 0 Å². The van der Waals surface area contributed by atoms with E-state index in [4.69, 9.17) is 14.2 Å². The van der Waals surface area contributed by atoms with Gasteiger partial charge in [-0.15, -0.1) is 0 Å². The van der Waals surface area contributed by atoms with Crippen LogP contribution in [-0.2, 0) is 4.74 Å². The molecule has 1 aliphatic rings. The first-order valence-electron chi connectivity index (χ1n) is 9.03. The van der Waals surface area contributed by atoms with Crippen LogP contribution >= 0.6 is 0 Å². The van der Waals surface area contributed by atoms with E-state index in [2.05, 4.69) is 5.32 Å². The number of ether oxygens (including phenoxy) is 3. The maximum atomic E-state index is 12.4. The molecule has 1 heterocycles. The van der Waals surface area contributed by atoms with Crippen LogP contribution < -0.4 is 14.8 Å². The van der Waals surface area contributed by atoms with E-state index in [1.807, 2.05) is 50.2 Å². The predicted molar refractivity (Wildman–Crippen MR) is 101 cm³/mol. The fourth-order valence-corrected chi connectivity index (χ4v) is 2.79. The average molecular weight is 355 g/mol. The van der Waals surface area contributed by atoms with E-state index in [1.165, 1.54) is 0 Å². The van der Waals surface area contributed by atoms with Gasteiger partial charge in [-0.1, -0.05) is 6.07 Å². The number of carbonyl (C=O) groups is 1. The van der Waals surface area contributed by atoms with Crippen LogP contribution in [0.2, 0.25) is 0 Å². The van der Waals surface area contributed by atoms with E-state index >= 15 is 0 Å². The number of nitrogens with one attached hydrogen (secondary N) is 1. The molecule has 5 heteroatoms. The highest BCUT2D eigenvalue weighted by Crippen LogP contribution is 2.20. The number of hydrogen-bond donors (Lipinski definition) is 1. The molecule has 3 rings (SSSR count). The average Bonchev–Trinajstić information content (AvgIpc) is 3.14. The van der Waals surface area contributed by atoms with Gasteiger partial charge in [-0.3, -0.25) is 4.79 Å². The SMILES string of the molecule is CC(C)Oc1cccc(C(=O)Nc2ccc(OC[C@@H]3CCCO3)cc2)c1. The van der Waals surface area contributed by atoms with E-state index in [-0.39, 0.29) is 18.1 Å². The molecular formula is C21H25NO4. The molecule has 5 nitrogen and oxygen atoms in total. The van der Waals surface area contributed by atoms with Crippen molar-refractivity contribution in [2.24, 2.45) is 0 Å². The molecule has 1 aliphatic heterocycles. The number of rotatable bonds is 7. The molecule has 0 bridgehead atoms. The highest BCUT2D eigenvalue weighted by molar-refractivity contribution is 6.04. The van der Waals surface area contributed by atoms with Crippen molar-refractivity contribution >= 4 is 11.6 Å². The van der Waals surface area contributed by atoms with E-state index < -0.39 is 0 Å². The minimum Gasteiger partial charge on any atom is -0.491 e. The summed E-state index contributed by atoms with van der Waals surface area (Å²) < 4.78 is 16.9. The molecule has 1 amide bonds. The maximum absolute atomic E-state index is 12.4. The van der Waals surface area contributed by atoms with Crippen LogP contribution in [0.15, 0.2) is 48.5 Å². The predicted octanol–water partition coefficient (Wildman–Crippen LogP) is 4.28. The minimum absolute atomic E-state index is 0.0653. The quantitative estimate of drug-likeness (QED) is 0.805. The van der Waals surface area contributed by atoms with Crippen LogP contribution in [0.3, 0.4) is 0 Å². The number of amides is 1. The molecule has 0 saturated carbocycles. The normalized spacial score (nSPS) is 16.5. The maximum Gasteiger partial charge on any atom is 0.255 e. The van der Waals surface area contributed by atoms with Gasteiger partial charge in [0.1, 0.15) is 18.1 Å².